The molecule has 3 rings (SSSR count). The second-order valence-electron chi connectivity index (χ2n) is 7.38. The molecule has 1 aromatic carbocycles. The van der Waals surface area contributed by atoms with E-state index in [1.54, 1.807) is 55.9 Å². The van der Waals surface area contributed by atoms with Crippen molar-refractivity contribution in [2.45, 2.75) is 45.6 Å². The Kier molecular flexibility index (Phi) is 5.76. The van der Waals surface area contributed by atoms with E-state index >= 15 is 0 Å². The fraction of sp³-hybridized carbons (Fsp3) is 0.389. The third-order valence-electron chi connectivity index (χ3n) is 3.62. The third-order valence-corrected chi connectivity index (χ3v) is 3.62. The minimum Gasteiger partial charge on any atom is -0.444 e. The normalized spacial score (nSPS) is 12.1. The van der Waals surface area contributed by atoms with E-state index in [9.17, 15) is 18.0 Å². The predicted octanol–water partition coefficient (Wildman–Crippen LogP) is 3.42. The van der Waals surface area contributed by atoms with Crippen molar-refractivity contribution in [3.05, 3.63) is 47.6 Å². The summed E-state index contributed by atoms with van der Waals surface area (Å²) in [7, 11) is 0. The lowest BCUT2D eigenvalue weighted by molar-refractivity contribution is -0.159. The van der Waals surface area contributed by atoms with Crippen LogP contribution in [0.5, 0.6) is 0 Å². The molecule has 2 heterocycles. The Morgan fingerprint density at radius 3 is 2.50 bits per heavy atom. The van der Waals surface area contributed by atoms with Crippen molar-refractivity contribution in [1.82, 2.24) is 30.5 Å². The van der Waals surface area contributed by atoms with E-state index in [4.69, 9.17) is 4.74 Å². The number of halogens is 3. The van der Waals surface area contributed by atoms with Gasteiger partial charge in [0.1, 0.15) is 11.3 Å². The van der Waals surface area contributed by atoms with Crippen LogP contribution in [0, 0.1) is 0 Å². The van der Waals surface area contributed by atoms with Crippen LogP contribution in [0.3, 0.4) is 0 Å². The number of ether oxygens (including phenoxy) is 1. The molecule has 1 amide bonds. The molecular weight excluding hydrogens is 405 g/mol. The van der Waals surface area contributed by atoms with Crippen molar-refractivity contribution in [2.75, 3.05) is 0 Å². The zero-order valence-electron chi connectivity index (χ0n) is 16.4. The number of nitrogens with zero attached hydrogens (tertiary/aromatic N) is 5. The maximum atomic E-state index is 12.6. The highest BCUT2D eigenvalue weighted by atomic mass is 19.4. The van der Waals surface area contributed by atoms with E-state index in [0.717, 1.165) is 5.56 Å². The lowest BCUT2D eigenvalue weighted by atomic mass is 10.1. The Morgan fingerprint density at radius 1 is 1.20 bits per heavy atom. The van der Waals surface area contributed by atoms with Gasteiger partial charge in [0.25, 0.3) is 0 Å². The number of carbonyl (C=O) groups is 1. The van der Waals surface area contributed by atoms with Crippen LogP contribution >= 0.6 is 0 Å². The van der Waals surface area contributed by atoms with Gasteiger partial charge in [0.15, 0.2) is 0 Å². The van der Waals surface area contributed by atoms with Crippen LogP contribution in [-0.4, -0.2) is 36.8 Å². The Bertz CT molecular complexity index is 1010. The number of rotatable bonds is 5. The number of hydrogen-bond acceptors (Lipinski definition) is 7. The van der Waals surface area contributed by atoms with Gasteiger partial charge in [-0.2, -0.15) is 18.2 Å². The molecule has 0 aliphatic rings. The Morgan fingerprint density at radius 2 is 1.90 bits per heavy atom. The predicted molar refractivity (Wildman–Crippen MR) is 96.9 cm³/mol. The molecule has 0 saturated carbocycles. The first-order valence-corrected chi connectivity index (χ1v) is 8.86. The summed E-state index contributed by atoms with van der Waals surface area (Å²) >= 11 is 0. The molecule has 2 aromatic heterocycles. The molecule has 160 valence electrons. The molecule has 3 aromatic rings. The highest BCUT2D eigenvalue weighted by molar-refractivity contribution is 5.67. The molecule has 0 saturated heterocycles. The molecule has 0 unspecified atom stereocenters. The Hall–Kier alpha value is -3.44. The Balaban J connectivity index is 1.57. The van der Waals surface area contributed by atoms with Gasteiger partial charge in [-0.25, -0.2) is 9.48 Å². The van der Waals surface area contributed by atoms with Gasteiger partial charge in [-0.1, -0.05) is 34.6 Å². The van der Waals surface area contributed by atoms with Crippen LogP contribution in [0.1, 0.15) is 37.9 Å². The van der Waals surface area contributed by atoms with Crippen LogP contribution in [0.2, 0.25) is 0 Å². The average molecular weight is 424 g/mol. The smallest absolute Gasteiger partial charge is 0.444 e. The highest BCUT2D eigenvalue weighted by Crippen LogP contribution is 2.29. The number of aromatic nitrogens is 5. The summed E-state index contributed by atoms with van der Waals surface area (Å²) in [6.45, 7) is 5.83. The van der Waals surface area contributed by atoms with Crippen molar-refractivity contribution in [1.29, 1.82) is 0 Å². The quantitative estimate of drug-likeness (QED) is 0.669. The van der Waals surface area contributed by atoms with Gasteiger partial charge in [-0.15, -0.1) is 5.10 Å². The van der Waals surface area contributed by atoms with Crippen LogP contribution in [0.15, 0.2) is 35.0 Å². The number of alkyl halides is 3. The van der Waals surface area contributed by atoms with Crippen molar-refractivity contribution in [3.63, 3.8) is 0 Å². The summed E-state index contributed by atoms with van der Waals surface area (Å²) in [4.78, 5) is 15.0. The molecule has 30 heavy (non-hydrogen) atoms. The molecule has 0 aliphatic carbocycles. The number of hydrogen-bond donors (Lipinski definition) is 1. The Labute approximate surface area is 169 Å². The molecular formula is C18H19F3N6O3. The maximum Gasteiger partial charge on any atom is 0.471 e. The number of alkyl carbamates (subject to hydrolysis) is 1. The second kappa shape index (κ2) is 8.13. The zero-order chi connectivity index (χ0) is 21.9. The number of carbonyl (C=O) groups excluding carboxylic acids is 1. The van der Waals surface area contributed by atoms with Crippen molar-refractivity contribution in [2.24, 2.45) is 0 Å². The molecule has 0 aliphatic heterocycles. The molecule has 0 spiro atoms. The number of nitrogens with one attached hydrogen (secondary N) is 1. The van der Waals surface area contributed by atoms with Crippen molar-refractivity contribution >= 4 is 6.09 Å². The first-order valence-electron chi connectivity index (χ1n) is 8.86. The fourth-order valence-electron chi connectivity index (χ4n) is 2.38. The number of amides is 1. The average Bonchev–Trinajstić information content (AvgIpc) is 3.28. The van der Waals surface area contributed by atoms with Gasteiger partial charge in [0.2, 0.25) is 5.82 Å². The van der Waals surface area contributed by atoms with Gasteiger partial charge in [0, 0.05) is 5.56 Å². The summed E-state index contributed by atoms with van der Waals surface area (Å²) in [5.41, 5.74) is 1.17. The molecule has 1 N–H and O–H groups in total. The van der Waals surface area contributed by atoms with E-state index < -0.39 is 23.8 Å². The largest absolute Gasteiger partial charge is 0.471 e. The van der Waals surface area contributed by atoms with Gasteiger partial charge in [0.05, 0.1) is 19.3 Å². The minimum atomic E-state index is -4.69. The molecule has 0 bridgehead atoms. The minimum absolute atomic E-state index is 0.148. The second-order valence-corrected chi connectivity index (χ2v) is 7.38. The van der Waals surface area contributed by atoms with E-state index in [1.807, 2.05) is 0 Å². The van der Waals surface area contributed by atoms with Gasteiger partial charge < -0.3 is 14.6 Å². The third kappa shape index (κ3) is 5.78. The van der Waals surface area contributed by atoms with Crippen LogP contribution in [0.25, 0.3) is 11.4 Å². The summed E-state index contributed by atoms with van der Waals surface area (Å²) in [5.74, 6) is -1.54. The first kappa shape index (κ1) is 21.3. The lowest BCUT2D eigenvalue weighted by Gasteiger charge is -2.19. The first-order chi connectivity index (χ1) is 14.0. The van der Waals surface area contributed by atoms with E-state index in [0.29, 0.717) is 17.8 Å². The van der Waals surface area contributed by atoms with Crippen LogP contribution in [0.4, 0.5) is 18.0 Å². The molecule has 0 fully saturated rings. The summed E-state index contributed by atoms with van der Waals surface area (Å²) in [5, 5.41) is 13.9. The summed E-state index contributed by atoms with van der Waals surface area (Å²) in [6.07, 6.45) is -3.57. The van der Waals surface area contributed by atoms with Crippen LogP contribution < -0.4 is 5.32 Å². The van der Waals surface area contributed by atoms with E-state index in [2.05, 4.69) is 30.3 Å². The highest BCUT2D eigenvalue weighted by Gasteiger charge is 2.38. The summed E-state index contributed by atoms with van der Waals surface area (Å²) < 4.78 is 48.6. The maximum absolute atomic E-state index is 12.6. The number of benzene rings is 1. The van der Waals surface area contributed by atoms with Gasteiger partial charge >= 0.3 is 18.2 Å². The van der Waals surface area contributed by atoms with E-state index in [1.165, 1.54) is 0 Å². The van der Waals surface area contributed by atoms with Crippen molar-refractivity contribution < 1.29 is 27.2 Å². The van der Waals surface area contributed by atoms with Gasteiger partial charge in [-0.3, -0.25) is 0 Å². The molecule has 9 nitrogen and oxygen atoms in total. The van der Waals surface area contributed by atoms with Crippen molar-refractivity contribution in [3.8, 4) is 11.4 Å². The molecule has 0 radical (unpaired) electrons. The monoisotopic (exact) mass is 424 g/mol. The van der Waals surface area contributed by atoms with Gasteiger partial charge in [-0.05, 0) is 26.3 Å². The molecule has 0 atom stereocenters. The fourth-order valence-corrected chi connectivity index (χ4v) is 2.38. The zero-order valence-corrected chi connectivity index (χ0v) is 16.4. The molecule has 12 heteroatoms. The van der Waals surface area contributed by atoms with Crippen LogP contribution in [-0.2, 0) is 24.0 Å². The standard InChI is InChI=1S/C18H19F3N6O3/c1-17(2,3)29-16(28)22-8-13-10-27(26-24-13)9-11-4-6-12(7-5-11)14-23-15(30-25-14)18(19,20)21/h4-7,10H,8-9H2,1-3H3,(H,22,28). The topological polar surface area (TPSA) is 108 Å². The summed E-state index contributed by atoms with van der Waals surface area (Å²) in [6, 6.07) is 6.59. The SMILES string of the molecule is CC(C)(C)OC(=O)NCc1cn(Cc2ccc(-c3noc(C(F)(F)F)n3)cc2)nn1. The van der Waals surface area contributed by atoms with E-state index in [-0.39, 0.29) is 12.4 Å². The lowest BCUT2D eigenvalue weighted by Crippen LogP contribution is -2.32.